The summed E-state index contributed by atoms with van der Waals surface area (Å²) < 4.78 is 15.5. The minimum absolute atomic E-state index is 0.0982. The van der Waals surface area contributed by atoms with Crippen LogP contribution in [-0.4, -0.2) is 36.6 Å². The maximum absolute atomic E-state index is 12.3. The highest BCUT2D eigenvalue weighted by Crippen LogP contribution is 2.29. The maximum atomic E-state index is 12.3. The van der Waals surface area contributed by atoms with E-state index in [0.29, 0.717) is 11.7 Å². The molecule has 2 aromatic carbocycles. The van der Waals surface area contributed by atoms with E-state index in [-0.39, 0.29) is 23.7 Å². The minimum Gasteiger partial charge on any atom is -0.495 e. The van der Waals surface area contributed by atoms with E-state index in [9.17, 15) is 19.7 Å². The second-order valence-electron chi connectivity index (χ2n) is 6.78. The molecule has 0 saturated heterocycles. The molecule has 9 heteroatoms. The van der Waals surface area contributed by atoms with Gasteiger partial charge in [0, 0.05) is 12.1 Å². The van der Waals surface area contributed by atoms with Crippen LogP contribution in [-0.2, 0) is 14.3 Å². The Balaban J connectivity index is 1.91. The molecular weight excluding hydrogens is 392 g/mol. The van der Waals surface area contributed by atoms with Gasteiger partial charge in [0.05, 0.1) is 17.7 Å². The number of benzene rings is 2. The second kappa shape index (κ2) is 10.2. The summed E-state index contributed by atoms with van der Waals surface area (Å²) in [6.45, 7) is 5.17. The van der Waals surface area contributed by atoms with Gasteiger partial charge in [-0.2, -0.15) is 0 Å². The van der Waals surface area contributed by atoms with Crippen molar-refractivity contribution in [1.82, 2.24) is 0 Å². The number of amides is 1. The molecule has 2 aromatic rings. The Morgan fingerprint density at radius 3 is 2.33 bits per heavy atom. The minimum atomic E-state index is -1.15. The number of carbonyl (C=O) groups excluding carboxylic acids is 2. The van der Waals surface area contributed by atoms with Gasteiger partial charge in [0.1, 0.15) is 11.5 Å². The average molecular weight is 416 g/mol. The molecule has 1 atom stereocenters. The molecule has 0 aliphatic rings. The van der Waals surface area contributed by atoms with Crippen molar-refractivity contribution in [3.63, 3.8) is 0 Å². The van der Waals surface area contributed by atoms with Gasteiger partial charge in [-0.05, 0) is 36.6 Å². The third-order valence-corrected chi connectivity index (χ3v) is 4.23. The molecule has 0 saturated carbocycles. The van der Waals surface area contributed by atoms with E-state index in [0.717, 1.165) is 11.6 Å². The normalized spacial score (nSPS) is 11.5. The quantitative estimate of drug-likeness (QED) is 0.376. The summed E-state index contributed by atoms with van der Waals surface area (Å²) in [4.78, 5) is 34.6. The lowest BCUT2D eigenvalue weighted by molar-refractivity contribution is -0.384. The number of anilines is 1. The van der Waals surface area contributed by atoms with E-state index < -0.39 is 22.9 Å². The van der Waals surface area contributed by atoms with Gasteiger partial charge >= 0.3 is 5.97 Å². The second-order valence-corrected chi connectivity index (χ2v) is 6.78. The number of rotatable bonds is 9. The number of hydrogen-bond acceptors (Lipinski definition) is 7. The van der Waals surface area contributed by atoms with Crippen LogP contribution < -0.4 is 14.8 Å². The highest BCUT2D eigenvalue weighted by atomic mass is 16.6. The molecule has 0 spiro atoms. The fourth-order valence-corrected chi connectivity index (χ4v) is 2.52. The van der Waals surface area contributed by atoms with Crippen LogP contribution in [0, 0.1) is 10.1 Å². The first-order valence-corrected chi connectivity index (χ1v) is 9.26. The van der Waals surface area contributed by atoms with E-state index in [1.165, 1.54) is 26.2 Å². The summed E-state index contributed by atoms with van der Waals surface area (Å²) in [7, 11) is 1.37. The summed E-state index contributed by atoms with van der Waals surface area (Å²) in [6.07, 6.45) is -1.15. The molecule has 1 N–H and O–H groups in total. The molecule has 160 valence electrons. The van der Waals surface area contributed by atoms with E-state index >= 15 is 0 Å². The molecule has 0 aliphatic carbocycles. The standard InChI is InChI=1S/C21H24N2O7/c1-13(2)15-5-8-17(9-6-15)29-12-20(24)30-14(3)21(25)22-18-11-16(23(26)27)7-10-19(18)28-4/h5-11,13-14H,12H2,1-4H3,(H,22,25)/t14-/m0/s1. The van der Waals surface area contributed by atoms with Crippen LogP contribution in [0.15, 0.2) is 42.5 Å². The topological polar surface area (TPSA) is 117 Å². The van der Waals surface area contributed by atoms with Gasteiger partial charge in [0.15, 0.2) is 12.7 Å². The first-order chi connectivity index (χ1) is 14.2. The van der Waals surface area contributed by atoms with Crippen LogP contribution in [0.2, 0.25) is 0 Å². The summed E-state index contributed by atoms with van der Waals surface area (Å²) in [5, 5.41) is 13.4. The Kier molecular flexibility index (Phi) is 7.74. The van der Waals surface area contributed by atoms with Crippen LogP contribution in [0.4, 0.5) is 11.4 Å². The first-order valence-electron chi connectivity index (χ1n) is 9.26. The highest BCUT2D eigenvalue weighted by molar-refractivity contribution is 5.96. The van der Waals surface area contributed by atoms with Gasteiger partial charge in [0.25, 0.3) is 11.6 Å². The zero-order valence-electron chi connectivity index (χ0n) is 17.2. The zero-order chi connectivity index (χ0) is 22.3. The van der Waals surface area contributed by atoms with E-state index in [1.807, 2.05) is 12.1 Å². The van der Waals surface area contributed by atoms with Gasteiger partial charge in [-0.3, -0.25) is 14.9 Å². The summed E-state index contributed by atoms with van der Waals surface area (Å²) in [6, 6.07) is 11.1. The van der Waals surface area contributed by atoms with E-state index in [4.69, 9.17) is 14.2 Å². The molecule has 0 fully saturated rings. The molecule has 0 heterocycles. The molecule has 1 amide bonds. The zero-order valence-corrected chi connectivity index (χ0v) is 17.2. The summed E-state index contributed by atoms with van der Waals surface area (Å²) in [5.41, 5.74) is 1.03. The fourth-order valence-electron chi connectivity index (χ4n) is 2.52. The molecule has 0 radical (unpaired) electrons. The van der Waals surface area contributed by atoms with E-state index in [2.05, 4.69) is 19.2 Å². The first kappa shape index (κ1) is 22.7. The van der Waals surface area contributed by atoms with Crippen molar-refractivity contribution in [2.75, 3.05) is 19.0 Å². The maximum Gasteiger partial charge on any atom is 0.344 e. The number of esters is 1. The Morgan fingerprint density at radius 1 is 1.10 bits per heavy atom. The number of non-ortho nitro benzene ring substituents is 1. The third kappa shape index (κ3) is 6.20. The lowest BCUT2D eigenvalue weighted by Gasteiger charge is -2.15. The predicted molar refractivity (Wildman–Crippen MR) is 110 cm³/mol. The van der Waals surface area contributed by atoms with Crippen molar-refractivity contribution >= 4 is 23.3 Å². The van der Waals surface area contributed by atoms with Crippen molar-refractivity contribution in [3.8, 4) is 11.5 Å². The smallest absolute Gasteiger partial charge is 0.344 e. The average Bonchev–Trinajstić information content (AvgIpc) is 2.72. The van der Waals surface area contributed by atoms with Crippen LogP contribution in [0.1, 0.15) is 32.3 Å². The van der Waals surface area contributed by atoms with Crippen molar-refractivity contribution < 1.29 is 28.7 Å². The molecule has 0 bridgehead atoms. The van der Waals surface area contributed by atoms with Crippen molar-refractivity contribution in [3.05, 3.63) is 58.1 Å². The summed E-state index contributed by atoms with van der Waals surface area (Å²) in [5.74, 6) is -0.261. The largest absolute Gasteiger partial charge is 0.495 e. The third-order valence-electron chi connectivity index (χ3n) is 4.23. The molecular formula is C21H24N2O7. The van der Waals surface area contributed by atoms with Gasteiger partial charge in [-0.25, -0.2) is 4.79 Å². The fraction of sp³-hybridized carbons (Fsp3) is 0.333. The number of carbonyl (C=O) groups is 2. The van der Waals surface area contributed by atoms with Gasteiger partial charge < -0.3 is 19.5 Å². The monoisotopic (exact) mass is 416 g/mol. The molecule has 0 unspecified atom stereocenters. The molecule has 2 rings (SSSR count). The molecule has 9 nitrogen and oxygen atoms in total. The Labute approximate surface area is 174 Å². The van der Waals surface area contributed by atoms with Gasteiger partial charge in [-0.1, -0.05) is 26.0 Å². The lowest BCUT2D eigenvalue weighted by atomic mass is 10.0. The van der Waals surface area contributed by atoms with Crippen LogP contribution in [0.5, 0.6) is 11.5 Å². The number of nitro groups is 1. The predicted octanol–water partition coefficient (Wildman–Crippen LogP) is 3.68. The van der Waals surface area contributed by atoms with Crippen molar-refractivity contribution in [1.29, 1.82) is 0 Å². The number of nitro benzene ring substituents is 1. The van der Waals surface area contributed by atoms with Crippen LogP contribution >= 0.6 is 0 Å². The summed E-state index contributed by atoms with van der Waals surface area (Å²) >= 11 is 0. The van der Waals surface area contributed by atoms with Gasteiger partial charge in [0.2, 0.25) is 0 Å². The Morgan fingerprint density at radius 2 is 1.77 bits per heavy atom. The molecule has 0 aromatic heterocycles. The molecule has 30 heavy (non-hydrogen) atoms. The number of methoxy groups -OCH3 is 1. The van der Waals surface area contributed by atoms with Gasteiger partial charge in [-0.15, -0.1) is 0 Å². The lowest BCUT2D eigenvalue weighted by Crippen LogP contribution is -2.31. The number of ether oxygens (including phenoxy) is 3. The number of nitrogens with one attached hydrogen (secondary N) is 1. The van der Waals surface area contributed by atoms with Crippen LogP contribution in [0.3, 0.4) is 0 Å². The molecule has 0 aliphatic heterocycles. The van der Waals surface area contributed by atoms with Crippen LogP contribution in [0.25, 0.3) is 0 Å². The van der Waals surface area contributed by atoms with Crippen molar-refractivity contribution in [2.24, 2.45) is 0 Å². The Bertz CT molecular complexity index is 910. The van der Waals surface area contributed by atoms with E-state index in [1.54, 1.807) is 12.1 Å². The Hall–Kier alpha value is -3.62. The SMILES string of the molecule is COc1ccc([N+](=O)[O-])cc1NC(=O)[C@H](C)OC(=O)COc1ccc(C(C)C)cc1. The van der Waals surface area contributed by atoms with Crippen molar-refractivity contribution in [2.45, 2.75) is 32.8 Å². The number of nitrogens with zero attached hydrogens (tertiary/aromatic N) is 1. The highest BCUT2D eigenvalue weighted by Gasteiger charge is 2.21. The number of hydrogen-bond donors (Lipinski definition) is 1.